The molecular weight excluding hydrogens is 511 g/mol. The van der Waals surface area contributed by atoms with Crippen LogP contribution < -0.4 is 5.32 Å². The van der Waals surface area contributed by atoms with Crippen molar-refractivity contribution in [1.82, 2.24) is 15.1 Å². The monoisotopic (exact) mass is 540 g/mol. The molecule has 1 saturated carbocycles. The smallest absolute Gasteiger partial charge is 0.305 e. The van der Waals surface area contributed by atoms with Gasteiger partial charge >= 0.3 is 5.97 Å². The minimum atomic E-state index is -1.40. The minimum Gasteiger partial charge on any atom is -0.481 e. The van der Waals surface area contributed by atoms with Crippen LogP contribution in [0.25, 0.3) is 0 Å². The van der Waals surface area contributed by atoms with E-state index in [9.17, 15) is 38.8 Å². The predicted molar refractivity (Wildman–Crippen MR) is 136 cm³/mol. The summed E-state index contributed by atoms with van der Waals surface area (Å²) in [4.78, 5) is 65.0. The number of benzene rings is 2. The molecule has 2 N–H and O–H groups in total. The maximum Gasteiger partial charge on any atom is 0.305 e. The van der Waals surface area contributed by atoms with Gasteiger partial charge in [-0.15, -0.1) is 0 Å². The number of nitro benzene ring substituents is 1. The van der Waals surface area contributed by atoms with E-state index >= 15 is 0 Å². The number of carboxylic acid groups (broad SMARTS) is 1. The Hall–Kier alpha value is -4.35. The van der Waals surface area contributed by atoms with Crippen LogP contribution in [0.4, 0.5) is 10.1 Å². The molecule has 2 fully saturated rings. The summed E-state index contributed by atoms with van der Waals surface area (Å²) in [6, 6.07) is 9.00. The quantitative estimate of drug-likeness (QED) is 0.386. The molecule has 0 bridgehead atoms. The Kier molecular flexibility index (Phi) is 8.52. The number of nitrogens with one attached hydrogen (secondary N) is 1. The van der Waals surface area contributed by atoms with Crippen molar-refractivity contribution < 1.29 is 33.6 Å². The standard InChI is InChI=1S/C27H29FN4O7/c28-20-10-6-18(7-11-20)26(36)30-14-15-31(27(37)19-8-12-21(13-9-19)32(38)39)25(30)24(35)29-22(16-23(33)34)17-4-2-1-3-5-17/h6-13,17,22,25H,1-5,14-16H2,(H,29,35)(H,33,34). The van der Waals surface area contributed by atoms with Gasteiger partial charge in [-0.25, -0.2) is 4.39 Å². The summed E-state index contributed by atoms with van der Waals surface area (Å²) in [7, 11) is 0. The Balaban J connectivity index is 1.64. The summed E-state index contributed by atoms with van der Waals surface area (Å²) in [5.74, 6) is -3.58. The highest BCUT2D eigenvalue weighted by Gasteiger charge is 2.44. The van der Waals surface area contributed by atoms with Gasteiger partial charge in [-0.1, -0.05) is 19.3 Å². The van der Waals surface area contributed by atoms with Gasteiger partial charge in [0.2, 0.25) is 0 Å². The van der Waals surface area contributed by atoms with Gasteiger partial charge < -0.3 is 20.2 Å². The molecule has 2 aromatic carbocycles. The molecule has 1 aliphatic heterocycles. The normalized spacial score (nSPS) is 18.4. The minimum absolute atomic E-state index is 0.0000432. The summed E-state index contributed by atoms with van der Waals surface area (Å²) in [6.45, 7) is -0.00604. The van der Waals surface area contributed by atoms with Gasteiger partial charge in [0.1, 0.15) is 5.82 Å². The molecule has 2 atom stereocenters. The first-order valence-corrected chi connectivity index (χ1v) is 12.8. The molecule has 1 heterocycles. The van der Waals surface area contributed by atoms with Gasteiger partial charge in [0.05, 0.1) is 11.3 Å². The number of nitro groups is 1. The van der Waals surface area contributed by atoms with Crippen LogP contribution in [0.1, 0.15) is 59.2 Å². The van der Waals surface area contributed by atoms with Gasteiger partial charge in [0, 0.05) is 42.4 Å². The van der Waals surface area contributed by atoms with Crippen molar-refractivity contribution >= 4 is 29.4 Å². The first-order chi connectivity index (χ1) is 18.7. The molecule has 12 heteroatoms. The largest absolute Gasteiger partial charge is 0.481 e. The molecule has 2 aliphatic rings. The number of non-ortho nitro benzene ring substituents is 1. The highest BCUT2D eigenvalue weighted by atomic mass is 19.1. The fourth-order valence-electron chi connectivity index (χ4n) is 5.30. The SMILES string of the molecule is O=C(O)CC(NC(=O)C1N(C(=O)c2ccc(F)cc2)CCN1C(=O)c1ccc([N+](=O)[O-])cc1)C1CCCCC1. The van der Waals surface area contributed by atoms with Gasteiger partial charge in [-0.05, 0) is 55.2 Å². The van der Waals surface area contributed by atoms with Crippen LogP contribution in [0.5, 0.6) is 0 Å². The molecule has 3 amide bonds. The number of carboxylic acids is 1. The van der Waals surface area contributed by atoms with Crippen molar-refractivity contribution in [3.05, 3.63) is 75.6 Å². The van der Waals surface area contributed by atoms with Crippen LogP contribution in [0.15, 0.2) is 48.5 Å². The van der Waals surface area contributed by atoms with Crippen molar-refractivity contribution in [2.75, 3.05) is 13.1 Å². The number of amides is 3. The average molecular weight is 541 g/mol. The number of rotatable bonds is 8. The van der Waals surface area contributed by atoms with E-state index in [-0.39, 0.29) is 42.2 Å². The number of hydrogen-bond donors (Lipinski definition) is 2. The number of nitrogens with zero attached hydrogens (tertiary/aromatic N) is 3. The van der Waals surface area contributed by atoms with E-state index in [1.807, 2.05) is 0 Å². The Bertz CT molecular complexity index is 1250. The van der Waals surface area contributed by atoms with Gasteiger partial charge in [0.15, 0.2) is 6.17 Å². The number of hydrogen-bond acceptors (Lipinski definition) is 6. The van der Waals surface area contributed by atoms with Crippen LogP contribution in [0.3, 0.4) is 0 Å². The molecule has 206 valence electrons. The van der Waals surface area contributed by atoms with Crippen molar-refractivity contribution in [2.45, 2.75) is 50.7 Å². The number of halogens is 1. The van der Waals surface area contributed by atoms with E-state index in [1.54, 1.807) is 0 Å². The Morgan fingerprint density at radius 2 is 1.44 bits per heavy atom. The molecule has 1 saturated heterocycles. The lowest BCUT2D eigenvalue weighted by Crippen LogP contribution is -2.56. The highest BCUT2D eigenvalue weighted by molar-refractivity contribution is 6.02. The number of aliphatic carboxylic acids is 1. The third-order valence-corrected chi connectivity index (χ3v) is 7.29. The topological polar surface area (TPSA) is 150 Å². The van der Waals surface area contributed by atoms with Crippen LogP contribution in [0, 0.1) is 21.8 Å². The fourth-order valence-corrected chi connectivity index (χ4v) is 5.30. The van der Waals surface area contributed by atoms with E-state index in [2.05, 4.69) is 5.32 Å². The number of carbonyl (C=O) groups is 4. The molecular formula is C27H29FN4O7. The van der Waals surface area contributed by atoms with E-state index in [0.717, 1.165) is 44.2 Å². The van der Waals surface area contributed by atoms with Crippen molar-refractivity contribution in [1.29, 1.82) is 0 Å². The zero-order valence-corrected chi connectivity index (χ0v) is 21.1. The average Bonchev–Trinajstić information content (AvgIpc) is 3.38. The fraction of sp³-hybridized carbons (Fsp3) is 0.407. The molecule has 4 rings (SSSR count). The lowest BCUT2D eigenvalue weighted by molar-refractivity contribution is -0.384. The first-order valence-electron chi connectivity index (χ1n) is 12.8. The third kappa shape index (κ3) is 6.39. The lowest BCUT2D eigenvalue weighted by atomic mass is 9.82. The van der Waals surface area contributed by atoms with Crippen LogP contribution in [0.2, 0.25) is 0 Å². The van der Waals surface area contributed by atoms with E-state index in [4.69, 9.17) is 0 Å². The second-order valence-electron chi connectivity index (χ2n) is 9.79. The second-order valence-corrected chi connectivity index (χ2v) is 9.79. The zero-order chi connectivity index (χ0) is 28.1. The van der Waals surface area contributed by atoms with E-state index in [1.165, 1.54) is 46.2 Å². The maximum atomic E-state index is 13.7. The van der Waals surface area contributed by atoms with E-state index in [0.29, 0.717) is 0 Å². The first kappa shape index (κ1) is 27.7. The molecule has 11 nitrogen and oxygen atoms in total. The third-order valence-electron chi connectivity index (χ3n) is 7.29. The van der Waals surface area contributed by atoms with Crippen LogP contribution in [-0.2, 0) is 9.59 Å². The Labute approximate surface area is 223 Å². The molecule has 0 radical (unpaired) electrons. The molecule has 39 heavy (non-hydrogen) atoms. The Morgan fingerprint density at radius 3 is 1.92 bits per heavy atom. The summed E-state index contributed by atoms with van der Waals surface area (Å²) in [5, 5.41) is 23.3. The van der Waals surface area contributed by atoms with Gasteiger partial charge in [-0.2, -0.15) is 0 Å². The molecule has 2 unspecified atom stereocenters. The lowest BCUT2D eigenvalue weighted by Gasteiger charge is -2.34. The number of carbonyl (C=O) groups excluding carboxylic acids is 3. The van der Waals surface area contributed by atoms with Crippen molar-refractivity contribution in [2.24, 2.45) is 5.92 Å². The second kappa shape index (κ2) is 12.0. The molecule has 2 aromatic rings. The van der Waals surface area contributed by atoms with Crippen LogP contribution >= 0.6 is 0 Å². The summed E-state index contributed by atoms with van der Waals surface area (Å²) < 4.78 is 13.5. The van der Waals surface area contributed by atoms with Crippen molar-refractivity contribution in [3.63, 3.8) is 0 Å². The van der Waals surface area contributed by atoms with Crippen molar-refractivity contribution in [3.8, 4) is 0 Å². The summed E-state index contributed by atoms with van der Waals surface area (Å²) in [6.07, 6.45) is 2.68. The molecule has 0 aromatic heterocycles. The highest BCUT2D eigenvalue weighted by Crippen LogP contribution is 2.29. The maximum absolute atomic E-state index is 13.7. The summed E-state index contributed by atoms with van der Waals surface area (Å²) >= 11 is 0. The van der Waals surface area contributed by atoms with Gasteiger partial charge in [-0.3, -0.25) is 29.3 Å². The van der Waals surface area contributed by atoms with Gasteiger partial charge in [0.25, 0.3) is 23.4 Å². The molecule has 1 aliphatic carbocycles. The zero-order valence-electron chi connectivity index (χ0n) is 21.1. The predicted octanol–water partition coefficient (Wildman–Crippen LogP) is 3.20. The van der Waals surface area contributed by atoms with Crippen LogP contribution in [-0.4, -0.2) is 68.8 Å². The molecule has 0 spiro atoms. The van der Waals surface area contributed by atoms with E-state index < -0.39 is 46.6 Å². The Morgan fingerprint density at radius 1 is 0.923 bits per heavy atom. The summed E-state index contributed by atoms with van der Waals surface area (Å²) in [5.41, 5.74) is -0.00331.